The van der Waals surface area contributed by atoms with Crippen LogP contribution in [0.5, 0.6) is 0 Å². The molecule has 4 nitrogen and oxygen atoms in total. The Morgan fingerprint density at radius 2 is 1.94 bits per heavy atom. The summed E-state index contributed by atoms with van der Waals surface area (Å²) in [4.78, 5) is 11.2. The van der Waals surface area contributed by atoms with Crippen molar-refractivity contribution in [2.24, 2.45) is 0 Å². The zero-order chi connectivity index (χ0) is 12.0. The first-order valence-electron chi connectivity index (χ1n) is 5.35. The van der Waals surface area contributed by atoms with Gasteiger partial charge < -0.3 is 15.4 Å². The molecule has 0 aliphatic rings. The normalized spacial score (nSPS) is 9.94. The second kappa shape index (κ2) is 6.30. The van der Waals surface area contributed by atoms with Gasteiger partial charge in [-0.2, -0.15) is 0 Å². The summed E-state index contributed by atoms with van der Waals surface area (Å²) >= 11 is 0. The molecule has 0 radical (unpaired) electrons. The van der Waals surface area contributed by atoms with Crippen LogP contribution >= 0.6 is 0 Å². The summed E-state index contributed by atoms with van der Waals surface area (Å²) in [7, 11) is -1.44. The van der Waals surface area contributed by atoms with Gasteiger partial charge in [0, 0.05) is 13.0 Å². The molecule has 0 aliphatic heterocycles. The first-order valence-corrected chi connectivity index (χ1v) is 5.35. The van der Waals surface area contributed by atoms with Crippen LogP contribution in [0.2, 0.25) is 0 Å². The highest BCUT2D eigenvalue weighted by Crippen LogP contribution is 1.97. The van der Waals surface area contributed by atoms with Crippen molar-refractivity contribution in [3.05, 3.63) is 29.8 Å². The van der Waals surface area contributed by atoms with Gasteiger partial charge in [-0.25, -0.2) is 0 Å². The van der Waals surface area contributed by atoms with Crippen LogP contribution in [0.25, 0.3) is 0 Å². The van der Waals surface area contributed by atoms with Crippen LogP contribution < -0.4 is 10.8 Å². The van der Waals surface area contributed by atoms with E-state index in [1.54, 1.807) is 24.3 Å². The number of nitrogens with one attached hydrogen (secondary N) is 1. The maximum absolute atomic E-state index is 11.2. The second-order valence-electron chi connectivity index (χ2n) is 3.64. The zero-order valence-electron chi connectivity index (χ0n) is 9.31. The molecule has 0 saturated carbocycles. The summed E-state index contributed by atoms with van der Waals surface area (Å²) in [6.45, 7) is 2.43. The summed E-state index contributed by atoms with van der Waals surface area (Å²) < 4.78 is 0. The van der Waals surface area contributed by atoms with E-state index in [4.69, 9.17) is 10.0 Å². The molecule has 1 aromatic carbocycles. The molecule has 3 N–H and O–H groups in total. The van der Waals surface area contributed by atoms with Gasteiger partial charge >= 0.3 is 7.12 Å². The Balaban J connectivity index is 2.46. The fourth-order valence-corrected chi connectivity index (χ4v) is 1.32. The molecule has 0 aliphatic carbocycles. The number of carbonyl (C=O) groups excluding carboxylic acids is 1. The van der Waals surface area contributed by atoms with Gasteiger partial charge in [-0.05, 0) is 17.4 Å². The van der Waals surface area contributed by atoms with Gasteiger partial charge in [0.1, 0.15) is 0 Å². The average Bonchev–Trinajstić information content (AvgIpc) is 2.27. The van der Waals surface area contributed by atoms with Gasteiger partial charge in [0.05, 0.1) is 0 Å². The Morgan fingerprint density at radius 3 is 2.44 bits per heavy atom. The minimum atomic E-state index is -1.44. The first-order chi connectivity index (χ1) is 7.63. The first kappa shape index (κ1) is 12.7. The summed E-state index contributed by atoms with van der Waals surface area (Å²) in [5.41, 5.74) is 1.39. The number of benzene rings is 1. The van der Waals surface area contributed by atoms with Gasteiger partial charge in [0.15, 0.2) is 0 Å². The SMILES string of the molecule is CCCC(=O)NCc1ccc(B(O)O)cc1. The highest BCUT2D eigenvalue weighted by Gasteiger charge is 2.09. The Hall–Kier alpha value is -1.33. The van der Waals surface area contributed by atoms with Crippen molar-refractivity contribution in [2.45, 2.75) is 26.3 Å². The van der Waals surface area contributed by atoms with Crippen molar-refractivity contribution in [2.75, 3.05) is 0 Å². The van der Waals surface area contributed by atoms with Gasteiger partial charge in [-0.15, -0.1) is 0 Å². The lowest BCUT2D eigenvalue weighted by Gasteiger charge is -2.05. The van der Waals surface area contributed by atoms with Crippen LogP contribution in [0.1, 0.15) is 25.3 Å². The Kier molecular flexibility index (Phi) is 5.02. The second-order valence-corrected chi connectivity index (χ2v) is 3.64. The van der Waals surface area contributed by atoms with E-state index in [2.05, 4.69) is 5.32 Å². The lowest BCUT2D eigenvalue weighted by Crippen LogP contribution is -2.29. The molecule has 1 amide bonds. The fraction of sp³-hybridized carbons (Fsp3) is 0.364. The lowest BCUT2D eigenvalue weighted by molar-refractivity contribution is -0.121. The third-order valence-corrected chi connectivity index (χ3v) is 2.24. The molecule has 0 aromatic heterocycles. The molecule has 0 heterocycles. The van der Waals surface area contributed by atoms with E-state index in [-0.39, 0.29) is 5.91 Å². The molecule has 0 fully saturated rings. The van der Waals surface area contributed by atoms with E-state index in [1.807, 2.05) is 6.92 Å². The predicted octanol–water partition coefficient (Wildman–Crippen LogP) is -0.217. The smallest absolute Gasteiger partial charge is 0.423 e. The van der Waals surface area contributed by atoms with Crippen LogP contribution in [-0.2, 0) is 11.3 Å². The molecular formula is C11H16BNO3. The summed E-state index contributed by atoms with van der Waals surface area (Å²) in [6, 6.07) is 6.79. The van der Waals surface area contributed by atoms with Crippen molar-refractivity contribution < 1.29 is 14.8 Å². The fourth-order valence-electron chi connectivity index (χ4n) is 1.32. The standard InChI is InChI=1S/C11H16BNO3/c1-2-3-11(14)13-8-9-4-6-10(7-5-9)12(15)16/h4-7,15-16H,2-3,8H2,1H3,(H,13,14). The Morgan fingerprint density at radius 1 is 1.31 bits per heavy atom. The number of rotatable bonds is 5. The van der Waals surface area contributed by atoms with Crippen LogP contribution in [0.3, 0.4) is 0 Å². The summed E-state index contributed by atoms with van der Waals surface area (Å²) in [6.07, 6.45) is 1.37. The molecule has 1 aromatic rings. The van der Waals surface area contributed by atoms with E-state index in [0.717, 1.165) is 12.0 Å². The highest BCUT2D eigenvalue weighted by atomic mass is 16.4. The van der Waals surface area contributed by atoms with E-state index >= 15 is 0 Å². The molecule has 0 saturated heterocycles. The molecule has 0 bridgehead atoms. The van der Waals surface area contributed by atoms with Crippen molar-refractivity contribution in [3.63, 3.8) is 0 Å². The number of carbonyl (C=O) groups is 1. The maximum atomic E-state index is 11.2. The van der Waals surface area contributed by atoms with Crippen LogP contribution in [0.4, 0.5) is 0 Å². The third kappa shape index (κ3) is 4.04. The quantitative estimate of drug-likeness (QED) is 0.602. The van der Waals surface area contributed by atoms with Crippen LogP contribution in [0.15, 0.2) is 24.3 Å². The minimum Gasteiger partial charge on any atom is -0.423 e. The lowest BCUT2D eigenvalue weighted by atomic mass is 9.80. The maximum Gasteiger partial charge on any atom is 0.488 e. The third-order valence-electron chi connectivity index (χ3n) is 2.24. The van der Waals surface area contributed by atoms with Crippen molar-refractivity contribution in [1.29, 1.82) is 0 Å². The molecule has 86 valence electrons. The van der Waals surface area contributed by atoms with Gasteiger partial charge in [0.25, 0.3) is 0 Å². The molecule has 16 heavy (non-hydrogen) atoms. The molecule has 5 heteroatoms. The van der Waals surface area contributed by atoms with Crippen molar-refractivity contribution in [3.8, 4) is 0 Å². The van der Waals surface area contributed by atoms with E-state index in [0.29, 0.717) is 18.4 Å². The van der Waals surface area contributed by atoms with Gasteiger partial charge in [0.2, 0.25) is 5.91 Å². The Bertz CT molecular complexity index is 338. The van der Waals surface area contributed by atoms with Crippen molar-refractivity contribution >= 4 is 18.5 Å². The minimum absolute atomic E-state index is 0.0359. The number of hydrogen-bond donors (Lipinski definition) is 3. The molecule has 1 rings (SSSR count). The van der Waals surface area contributed by atoms with E-state index in [1.165, 1.54) is 0 Å². The molecule has 0 spiro atoms. The molecular weight excluding hydrogens is 205 g/mol. The molecule has 0 atom stereocenters. The number of hydrogen-bond acceptors (Lipinski definition) is 3. The Labute approximate surface area is 95.4 Å². The largest absolute Gasteiger partial charge is 0.488 e. The van der Waals surface area contributed by atoms with Crippen LogP contribution in [-0.4, -0.2) is 23.1 Å². The molecule has 0 unspecified atom stereocenters. The van der Waals surface area contributed by atoms with Gasteiger partial charge in [-0.1, -0.05) is 31.2 Å². The van der Waals surface area contributed by atoms with Gasteiger partial charge in [-0.3, -0.25) is 4.79 Å². The van der Waals surface area contributed by atoms with E-state index in [9.17, 15) is 4.79 Å². The average molecular weight is 221 g/mol. The highest BCUT2D eigenvalue weighted by molar-refractivity contribution is 6.58. The zero-order valence-corrected chi connectivity index (χ0v) is 9.31. The predicted molar refractivity (Wildman–Crippen MR) is 63.0 cm³/mol. The van der Waals surface area contributed by atoms with E-state index < -0.39 is 7.12 Å². The number of amides is 1. The topological polar surface area (TPSA) is 69.6 Å². The summed E-state index contributed by atoms with van der Waals surface area (Å²) in [5, 5.41) is 20.6. The van der Waals surface area contributed by atoms with Crippen LogP contribution in [0, 0.1) is 0 Å². The van der Waals surface area contributed by atoms with Crippen molar-refractivity contribution in [1.82, 2.24) is 5.32 Å². The summed E-state index contributed by atoms with van der Waals surface area (Å²) in [5.74, 6) is 0.0359. The monoisotopic (exact) mass is 221 g/mol.